The molecule has 3 heterocycles. The molecule has 0 aromatic carbocycles. The third-order valence-electron chi connectivity index (χ3n) is 3.80. The van der Waals surface area contributed by atoms with Crippen molar-refractivity contribution in [1.82, 2.24) is 25.3 Å². The van der Waals surface area contributed by atoms with Gasteiger partial charge in [0.1, 0.15) is 11.1 Å². The summed E-state index contributed by atoms with van der Waals surface area (Å²) in [4.78, 5) is 16.1. The molecule has 0 bridgehead atoms. The molecule has 0 aliphatic carbocycles. The van der Waals surface area contributed by atoms with Crippen LogP contribution in [0.5, 0.6) is 0 Å². The molecule has 1 N–H and O–H groups in total. The smallest absolute Gasteiger partial charge is 0.223 e. The van der Waals surface area contributed by atoms with Gasteiger partial charge < -0.3 is 10.1 Å². The van der Waals surface area contributed by atoms with Gasteiger partial charge in [0.15, 0.2) is 0 Å². The number of ether oxygens (including phenoxy) is 1. The number of hydrogen-bond donors (Lipinski definition) is 1. The van der Waals surface area contributed by atoms with E-state index in [1.807, 2.05) is 18.5 Å². The molecule has 22 heavy (non-hydrogen) atoms. The lowest BCUT2D eigenvalue weighted by Crippen LogP contribution is -2.20. The highest BCUT2D eigenvalue weighted by atomic mass is 32.1. The second-order valence-corrected chi connectivity index (χ2v) is 6.33. The van der Waals surface area contributed by atoms with Crippen molar-refractivity contribution < 1.29 is 9.53 Å². The largest absolute Gasteiger partial charge is 0.375 e. The van der Waals surface area contributed by atoms with Crippen molar-refractivity contribution in [2.45, 2.75) is 32.4 Å². The molecule has 1 saturated heterocycles. The molecule has 8 heteroatoms. The minimum atomic E-state index is 0.00550. The van der Waals surface area contributed by atoms with Crippen molar-refractivity contribution in [2.24, 2.45) is 5.92 Å². The fourth-order valence-corrected chi connectivity index (χ4v) is 3.29. The second-order valence-electron chi connectivity index (χ2n) is 5.44. The van der Waals surface area contributed by atoms with Gasteiger partial charge in [-0.2, -0.15) is 0 Å². The number of nitrogens with zero attached hydrogens (tertiary/aromatic N) is 4. The molecule has 3 rings (SSSR count). The Kier molecular flexibility index (Phi) is 4.49. The van der Waals surface area contributed by atoms with Crippen LogP contribution in [0, 0.1) is 5.92 Å². The number of hydrogen-bond acceptors (Lipinski definition) is 6. The number of thiazole rings is 1. The van der Waals surface area contributed by atoms with Crippen LogP contribution in [0.15, 0.2) is 11.6 Å². The van der Waals surface area contributed by atoms with Gasteiger partial charge >= 0.3 is 0 Å². The molecule has 2 atom stereocenters. The zero-order valence-corrected chi connectivity index (χ0v) is 13.5. The molecule has 2 aromatic heterocycles. The monoisotopic (exact) mass is 321 g/mol. The first kappa shape index (κ1) is 15.1. The lowest BCUT2D eigenvalue weighted by Gasteiger charge is -2.03. The van der Waals surface area contributed by atoms with Gasteiger partial charge in [-0.05, 0) is 13.3 Å². The molecule has 118 valence electrons. The molecule has 0 saturated carbocycles. The predicted molar refractivity (Wildman–Crippen MR) is 81.5 cm³/mol. The lowest BCUT2D eigenvalue weighted by molar-refractivity contribution is -0.122. The molecule has 2 unspecified atom stereocenters. The van der Waals surface area contributed by atoms with Crippen LogP contribution >= 0.6 is 11.3 Å². The zero-order valence-electron chi connectivity index (χ0n) is 12.7. The molecule has 0 radical (unpaired) electrons. The van der Waals surface area contributed by atoms with E-state index in [1.165, 1.54) is 0 Å². The third-order valence-corrected chi connectivity index (χ3v) is 4.85. The molecule has 0 spiro atoms. The number of methoxy groups -OCH3 is 1. The predicted octanol–water partition coefficient (Wildman–Crippen LogP) is 1.17. The van der Waals surface area contributed by atoms with E-state index in [0.717, 1.165) is 29.4 Å². The van der Waals surface area contributed by atoms with Crippen LogP contribution in [0.1, 0.15) is 35.8 Å². The molecule has 1 amide bonds. The minimum absolute atomic E-state index is 0.00550. The molecular formula is C14H19N5O2S. The Morgan fingerprint density at radius 1 is 1.55 bits per heavy atom. The van der Waals surface area contributed by atoms with Gasteiger partial charge in [0.05, 0.1) is 17.9 Å². The topological polar surface area (TPSA) is 81.9 Å². The van der Waals surface area contributed by atoms with Gasteiger partial charge in [0.2, 0.25) is 5.91 Å². The maximum atomic E-state index is 11.6. The number of carbonyl (C=O) groups is 1. The van der Waals surface area contributed by atoms with E-state index in [1.54, 1.807) is 23.1 Å². The van der Waals surface area contributed by atoms with E-state index in [-0.39, 0.29) is 17.9 Å². The molecule has 2 aromatic rings. The summed E-state index contributed by atoms with van der Waals surface area (Å²) in [5.41, 5.74) is 1.79. The first-order valence-electron chi connectivity index (χ1n) is 7.29. The van der Waals surface area contributed by atoms with Gasteiger partial charge in [-0.1, -0.05) is 5.21 Å². The van der Waals surface area contributed by atoms with Crippen LogP contribution in [-0.2, 0) is 22.5 Å². The van der Waals surface area contributed by atoms with Gasteiger partial charge in [-0.3, -0.25) is 4.79 Å². The SMILES string of the molecule is COC(C)c1nc(Cn2cc(CC3CCNC3=O)nn2)cs1. The van der Waals surface area contributed by atoms with E-state index in [0.29, 0.717) is 13.0 Å². The Hall–Kier alpha value is -1.80. The van der Waals surface area contributed by atoms with Crippen LogP contribution < -0.4 is 5.32 Å². The van der Waals surface area contributed by atoms with Crippen LogP contribution in [-0.4, -0.2) is 39.5 Å². The third kappa shape index (κ3) is 3.33. The average molecular weight is 321 g/mol. The lowest BCUT2D eigenvalue weighted by atomic mass is 10.0. The molecule has 1 aliphatic heterocycles. The minimum Gasteiger partial charge on any atom is -0.375 e. The number of nitrogens with one attached hydrogen (secondary N) is 1. The number of amides is 1. The zero-order chi connectivity index (χ0) is 15.5. The van der Waals surface area contributed by atoms with E-state index in [2.05, 4.69) is 20.6 Å². The van der Waals surface area contributed by atoms with Crippen LogP contribution in [0.25, 0.3) is 0 Å². The van der Waals surface area contributed by atoms with E-state index < -0.39 is 0 Å². The van der Waals surface area contributed by atoms with Crippen molar-refractivity contribution in [2.75, 3.05) is 13.7 Å². The van der Waals surface area contributed by atoms with Crippen molar-refractivity contribution in [3.8, 4) is 0 Å². The standard InChI is InChI=1S/C14H19N5O2S/c1-9(21-2)14-16-12(8-22-14)7-19-6-11(17-18-19)5-10-3-4-15-13(10)20/h6,8-10H,3-5,7H2,1-2H3,(H,15,20). The highest BCUT2D eigenvalue weighted by Crippen LogP contribution is 2.21. The Morgan fingerprint density at radius 2 is 2.41 bits per heavy atom. The number of carbonyl (C=O) groups excluding carboxylic acids is 1. The summed E-state index contributed by atoms with van der Waals surface area (Å²) in [6.45, 7) is 3.32. The summed E-state index contributed by atoms with van der Waals surface area (Å²) in [5, 5.41) is 14.1. The first-order chi connectivity index (χ1) is 10.7. The van der Waals surface area contributed by atoms with Crippen molar-refractivity contribution in [3.05, 3.63) is 28.0 Å². The Labute approximate surface area is 132 Å². The Morgan fingerprint density at radius 3 is 3.14 bits per heavy atom. The van der Waals surface area contributed by atoms with E-state index in [4.69, 9.17) is 4.74 Å². The highest BCUT2D eigenvalue weighted by molar-refractivity contribution is 7.09. The summed E-state index contributed by atoms with van der Waals surface area (Å²) in [7, 11) is 1.68. The van der Waals surface area contributed by atoms with Crippen LogP contribution in [0.2, 0.25) is 0 Å². The maximum Gasteiger partial charge on any atom is 0.223 e. The molecule has 7 nitrogen and oxygen atoms in total. The molecular weight excluding hydrogens is 302 g/mol. The average Bonchev–Trinajstić information content (AvgIpc) is 3.23. The highest BCUT2D eigenvalue weighted by Gasteiger charge is 2.25. The van der Waals surface area contributed by atoms with Crippen molar-refractivity contribution in [3.63, 3.8) is 0 Å². The molecule has 1 fully saturated rings. The Bertz CT molecular complexity index is 653. The maximum absolute atomic E-state index is 11.6. The van der Waals surface area contributed by atoms with Gasteiger partial charge in [0.25, 0.3) is 0 Å². The fourth-order valence-electron chi connectivity index (χ4n) is 2.45. The molecule has 1 aliphatic rings. The number of rotatable bonds is 6. The van der Waals surface area contributed by atoms with Crippen LogP contribution in [0.3, 0.4) is 0 Å². The van der Waals surface area contributed by atoms with E-state index >= 15 is 0 Å². The second kappa shape index (κ2) is 6.53. The summed E-state index contributed by atoms with van der Waals surface area (Å²) in [6, 6.07) is 0. The van der Waals surface area contributed by atoms with Gasteiger partial charge in [0, 0.05) is 37.6 Å². The number of aromatic nitrogens is 4. The van der Waals surface area contributed by atoms with Gasteiger partial charge in [-0.25, -0.2) is 9.67 Å². The van der Waals surface area contributed by atoms with Crippen LogP contribution in [0.4, 0.5) is 0 Å². The fraction of sp³-hybridized carbons (Fsp3) is 0.571. The van der Waals surface area contributed by atoms with Crippen molar-refractivity contribution >= 4 is 17.2 Å². The summed E-state index contributed by atoms with van der Waals surface area (Å²) >= 11 is 1.58. The summed E-state index contributed by atoms with van der Waals surface area (Å²) in [5.74, 6) is 0.144. The van der Waals surface area contributed by atoms with E-state index in [9.17, 15) is 4.79 Å². The first-order valence-corrected chi connectivity index (χ1v) is 8.17. The van der Waals surface area contributed by atoms with Crippen molar-refractivity contribution in [1.29, 1.82) is 0 Å². The summed E-state index contributed by atoms with van der Waals surface area (Å²) < 4.78 is 7.03. The quantitative estimate of drug-likeness (QED) is 0.863. The van der Waals surface area contributed by atoms with Gasteiger partial charge in [-0.15, -0.1) is 16.4 Å². The normalized spacial score (nSPS) is 19.4. The Balaban J connectivity index is 1.61. The summed E-state index contributed by atoms with van der Waals surface area (Å²) in [6.07, 6.45) is 3.42.